The molecule has 0 aromatic rings. The number of rotatable bonds is 22. The third kappa shape index (κ3) is 34.4. The van der Waals surface area contributed by atoms with Gasteiger partial charge in [-0.2, -0.15) is 0 Å². The Kier molecular flexibility index (Phi) is 29.0. The summed E-state index contributed by atoms with van der Waals surface area (Å²) in [7, 11) is 0. The van der Waals surface area contributed by atoms with Crippen LogP contribution in [0.1, 0.15) is 155 Å². The molecule has 0 aliphatic rings. The number of amides is 1. The van der Waals surface area contributed by atoms with Crippen LogP contribution in [0, 0.1) is 0 Å². The number of nitrogens with two attached hydrogens (primary N) is 1. The predicted octanol–water partition coefficient (Wildman–Crippen LogP) is 8.16. The maximum Gasteiger partial charge on any atom is 0.303 e. The molecule has 3 N–H and O–H groups in total. The Morgan fingerprint density at radius 2 is 0.767 bits per heavy atom. The van der Waals surface area contributed by atoms with E-state index in [4.69, 9.17) is 10.8 Å². The molecule has 0 aromatic heterocycles. The molecule has 4 heteroatoms. The third-order valence-corrected chi connectivity index (χ3v) is 5.52. The fourth-order valence-electron chi connectivity index (χ4n) is 3.55. The molecule has 0 aliphatic heterocycles. The number of carbonyl (C=O) groups excluding carboxylic acids is 1. The lowest BCUT2D eigenvalue weighted by molar-refractivity contribution is -0.137. The van der Waals surface area contributed by atoms with Crippen LogP contribution >= 0.6 is 0 Å². The van der Waals surface area contributed by atoms with Crippen LogP contribution in [0.3, 0.4) is 0 Å². The fraction of sp³-hybridized carbons (Fsp3) is 0.923. The monoisotopic (exact) mass is 427 g/mol. The molecule has 180 valence electrons. The van der Waals surface area contributed by atoms with E-state index >= 15 is 0 Å². The second kappa shape index (κ2) is 27.9. The number of carboxylic acid groups (broad SMARTS) is 1. The molecule has 4 nitrogen and oxygen atoms in total. The first-order valence-electron chi connectivity index (χ1n) is 13.0. The summed E-state index contributed by atoms with van der Waals surface area (Å²) in [5.41, 5.74) is 4.97. The Labute approximate surface area is 187 Å². The number of primary amides is 1. The van der Waals surface area contributed by atoms with Gasteiger partial charge in [0.15, 0.2) is 0 Å². The van der Waals surface area contributed by atoms with Crippen LogP contribution in [0.2, 0.25) is 0 Å². The molecule has 0 fully saturated rings. The molecule has 0 rings (SSSR count). The van der Waals surface area contributed by atoms with E-state index in [1.807, 2.05) is 0 Å². The van der Waals surface area contributed by atoms with Crippen molar-refractivity contribution in [3.8, 4) is 0 Å². The highest BCUT2D eigenvalue weighted by Gasteiger charge is 1.97. The fourth-order valence-corrected chi connectivity index (χ4v) is 3.55. The van der Waals surface area contributed by atoms with Gasteiger partial charge in [0.05, 0.1) is 0 Å². The van der Waals surface area contributed by atoms with Gasteiger partial charge in [-0.05, 0) is 12.8 Å². The summed E-state index contributed by atoms with van der Waals surface area (Å²) in [5.74, 6) is -0.823. The van der Waals surface area contributed by atoms with Crippen LogP contribution in [0.15, 0.2) is 0 Å². The van der Waals surface area contributed by atoms with E-state index in [0.29, 0.717) is 12.8 Å². The zero-order valence-corrected chi connectivity index (χ0v) is 20.4. The number of aliphatic carboxylic acids is 1. The number of carboxylic acids is 1. The van der Waals surface area contributed by atoms with Gasteiger partial charge in [-0.25, -0.2) is 0 Å². The summed E-state index contributed by atoms with van der Waals surface area (Å²) in [6, 6.07) is 0. The Morgan fingerprint density at radius 3 is 1.03 bits per heavy atom. The zero-order valence-electron chi connectivity index (χ0n) is 20.4. The maximum atomic E-state index is 10.3. The van der Waals surface area contributed by atoms with Crippen molar-refractivity contribution in [3.63, 3.8) is 0 Å². The molecule has 0 saturated heterocycles. The van der Waals surface area contributed by atoms with E-state index in [2.05, 4.69) is 13.8 Å². The topological polar surface area (TPSA) is 80.4 Å². The number of unbranched alkanes of at least 4 members (excludes halogenated alkanes) is 18. The van der Waals surface area contributed by atoms with Crippen LogP contribution in [0.4, 0.5) is 0 Å². The second-order valence-electron chi connectivity index (χ2n) is 8.72. The van der Waals surface area contributed by atoms with E-state index in [-0.39, 0.29) is 5.91 Å². The van der Waals surface area contributed by atoms with Crippen LogP contribution in [-0.2, 0) is 9.59 Å². The summed E-state index contributed by atoms with van der Waals surface area (Å²) in [5, 5.41) is 8.52. The first-order chi connectivity index (χ1) is 14.5. The first kappa shape index (κ1) is 31.1. The van der Waals surface area contributed by atoms with Crippen molar-refractivity contribution in [2.24, 2.45) is 5.73 Å². The van der Waals surface area contributed by atoms with Crippen molar-refractivity contribution in [3.05, 3.63) is 0 Å². The van der Waals surface area contributed by atoms with E-state index in [0.717, 1.165) is 25.7 Å². The molecule has 0 spiro atoms. The van der Waals surface area contributed by atoms with E-state index in [1.165, 1.54) is 103 Å². The minimum Gasteiger partial charge on any atom is -0.481 e. The maximum absolute atomic E-state index is 10.3. The van der Waals surface area contributed by atoms with Gasteiger partial charge < -0.3 is 10.8 Å². The molecule has 0 unspecified atom stereocenters. The van der Waals surface area contributed by atoms with Gasteiger partial charge in [-0.15, -0.1) is 0 Å². The summed E-state index contributed by atoms with van der Waals surface area (Å²) in [4.78, 5) is 20.6. The van der Waals surface area contributed by atoms with Gasteiger partial charge in [0.2, 0.25) is 5.91 Å². The summed E-state index contributed by atoms with van der Waals surface area (Å²) in [6.07, 6.45) is 26.6. The highest BCUT2D eigenvalue weighted by Crippen LogP contribution is 2.13. The van der Waals surface area contributed by atoms with E-state index in [1.54, 1.807) is 0 Å². The smallest absolute Gasteiger partial charge is 0.303 e. The van der Waals surface area contributed by atoms with Crippen molar-refractivity contribution >= 4 is 11.9 Å². The summed E-state index contributed by atoms with van der Waals surface area (Å²) in [6.45, 7) is 4.44. The SMILES string of the molecule is CCCCCCCC(N)=O.CCCCCCCCCCCCCCCCCC(=O)O. The van der Waals surface area contributed by atoms with Crippen molar-refractivity contribution < 1.29 is 14.7 Å². The Morgan fingerprint density at radius 1 is 0.500 bits per heavy atom. The molecule has 0 atom stereocenters. The molecule has 1 amide bonds. The Hall–Kier alpha value is -1.06. The van der Waals surface area contributed by atoms with Gasteiger partial charge >= 0.3 is 5.97 Å². The zero-order chi connectivity index (χ0) is 22.7. The van der Waals surface area contributed by atoms with Crippen LogP contribution in [0.25, 0.3) is 0 Å². The average Bonchev–Trinajstić information content (AvgIpc) is 2.71. The van der Waals surface area contributed by atoms with Crippen LogP contribution < -0.4 is 5.73 Å². The summed E-state index contributed by atoms with van der Waals surface area (Å²) < 4.78 is 0. The molecular formula is C26H53NO3. The van der Waals surface area contributed by atoms with E-state index < -0.39 is 5.97 Å². The Balaban J connectivity index is 0. The standard InChI is InChI=1S/C18H36O2.C8H17NO/c1-2-3-4-5-6-7-8-9-10-11-12-13-14-15-16-17-18(19)20;1-2-3-4-5-6-7-8(9)10/h2-17H2,1H3,(H,19,20);2-7H2,1H3,(H2,9,10). The molecule has 0 radical (unpaired) electrons. The van der Waals surface area contributed by atoms with E-state index in [9.17, 15) is 9.59 Å². The normalized spacial score (nSPS) is 10.5. The Bertz CT molecular complexity index is 358. The second-order valence-corrected chi connectivity index (χ2v) is 8.72. The number of hydrogen-bond donors (Lipinski definition) is 2. The lowest BCUT2D eigenvalue weighted by Gasteiger charge is -2.03. The molecule has 0 aromatic carbocycles. The van der Waals surface area contributed by atoms with Crippen molar-refractivity contribution in [2.45, 2.75) is 155 Å². The molecule has 30 heavy (non-hydrogen) atoms. The van der Waals surface area contributed by atoms with Crippen molar-refractivity contribution in [2.75, 3.05) is 0 Å². The van der Waals surface area contributed by atoms with Crippen LogP contribution in [0.5, 0.6) is 0 Å². The van der Waals surface area contributed by atoms with Crippen molar-refractivity contribution in [1.29, 1.82) is 0 Å². The molecule has 0 aliphatic carbocycles. The highest BCUT2D eigenvalue weighted by molar-refractivity contribution is 5.73. The van der Waals surface area contributed by atoms with Crippen molar-refractivity contribution in [1.82, 2.24) is 0 Å². The number of hydrogen-bond acceptors (Lipinski definition) is 2. The van der Waals surface area contributed by atoms with Gasteiger partial charge in [0.1, 0.15) is 0 Å². The molecule has 0 bridgehead atoms. The average molecular weight is 428 g/mol. The third-order valence-electron chi connectivity index (χ3n) is 5.52. The largest absolute Gasteiger partial charge is 0.481 e. The predicted molar refractivity (Wildman–Crippen MR) is 130 cm³/mol. The highest BCUT2D eigenvalue weighted by atomic mass is 16.4. The molecule has 0 saturated carbocycles. The lowest BCUT2D eigenvalue weighted by Crippen LogP contribution is -2.09. The first-order valence-corrected chi connectivity index (χ1v) is 13.0. The quantitative estimate of drug-likeness (QED) is 0.171. The summed E-state index contributed by atoms with van der Waals surface area (Å²) >= 11 is 0. The minimum atomic E-state index is -0.653. The number of carbonyl (C=O) groups is 2. The van der Waals surface area contributed by atoms with Gasteiger partial charge in [0, 0.05) is 12.8 Å². The molecule has 0 heterocycles. The van der Waals surface area contributed by atoms with Gasteiger partial charge in [-0.3, -0.25) is 9.59 Å². The van der Waals surface area contributed by atoms with Gasteiger partial charge in [-0.1, -0.05) is 129 Å². The van der Waals surface area contributed by atoms with Crippen LogP contribution in [-0.4, -0.2) is 17.0 Å². The minimum absolute atomic E-state index is 0.170. The molecular weight excluding hydrogens is 374 g/mol. The lowest BCUT2D eigenvalue weighted by atomic mass is 10.0. The van der Waals surface area contributed by atoms with Gasteiger partial charge in [0.25, 0.3) is 0 Å².